The summed E-state index contributed by atoms with van der Waals surface area (Å²) < 4.78 is 0. The van der Waals surface area contributed by atoms with Crippen LogP contribution in [0.4, 0.5) is 11.4 Å². The normalized spacial score (nSPS) is 15.2. The van der Waals surface area contributed by atoms with Gasteiger partial charge >= 0.3 is 0 Å². The Labute approximate surface area is 164 Å². The highest BCUT2D eigenvalue weighted by molar-refractivity contribution is 6.36. The quantitative estimate of drug-likeness (QED) is 0.846. The van der Waals surface area contributed by atoms with Gasteiger partial charge in [0.25, 0.3) is 0 Å². The number of carbonyl (C=O) groups excluding carboxylic acids is 1. The lowest BCUT2D eigenvalue weighted by Crippen LogP contribution is -2.44. The summed E-state index contributed by atoms with van der Waals surface area (Å²) in [6.45, 7) is 6.18. The lowest BCUT2D eigenvalue weighted by atomic mass is 10.1. The van der Waals surface area contributed by atoms with Crippen LogP contribution in [0.3, 0.4) is 0 Å². The van der Waals surface area contributed by atoms with Crippen LogP contribution in [0.25, 0.3) is 0 Å². The number of hydrogen-bond donors (Lipinski definition) is 1. The van der Waals surface area contributed by atoms with E-state index in [0.29, 0.717) is 15.6 Å². The van der Waals surface area contributed by atoms with Crippen LogP contribution in [-0.2, 0) is 11.2 Å². The molecule has 4 nitrogen and oxygen atoms in total. The van der Waals surface area contributed by atoms with Crippen molar-refractivity contribution in [3.05, 3.63) is 57.6 Å². The Hall–Kier alpha value is -1.75. The SMILES string of the molecule is Cc1cc(N2CCN(C)CC2)ccc1NC(=O)Cc1c(Cl)cccc1Cl. The fraction of sp³-hybridized carbons (Fsp3) is 0.350. The van der Waals surface area contributed by atoms with Gasteiger partial charge in [0.05, 0.1) is 6.42 Å². The number of hydrogen-bond acceptors (Lipinski definition) is 3. The third-order valence-corrected chi connectivity index (χ3v) is 5.46. The van der Waals surface area contributed by atoms with Gasteiger partial charge in [-0.25, -0.2) is 0 Å². The first-order valence-electron chi connectivity index (χ1n) is 8.71. The molecule has 1 aliphatic heterocycles. The van der Waals surface area contributed by atoms with Crippen molar-refractivity contribution in [3.8, 4) is 0 Å². The number of halogens is 2. The molecule has 0 aromatic heterocycles. The van der Waals surface area contributed by atoms with E-state index in [9.17, 15) is 4.79 Å². The van der Waals surface area contributed by atoms with Crippen LogP contribution in [0.5, 0.6) is 0 Å². The van der Waals surface area contributed by atoms with Crippen molar-refractivity contribution in [1.29, 1.82) is 0 Å². The number of nitrogens with zero attached hydrogens (tertiary/aromatic N) is 2. The van der Waals surface area contributed by atoms with Crippen LogP contribution in [0.15, 0.2) is 36.4 Å². The Morgan fingerprint density at radius 2 is 1.73 bits per heavy atom. The molecule has 1 saturated heterocycles. The van der Waals surface area contributed by atoms with Gasteiger partial charge in [-0.05, 0) is 55.4 Å². The zero-order valence-electron chi connectivity index (χ0n) is 15.1. The minimum atomic E-state index is -0.129. The van der Waals surface area contributed by atoms with Crippen LogP contribution in [-0.4, -0.2) is 44.0 Å². The zero-order chi connectivity index (χ0) is 18.7. The highest BCUT2D eigenvalue weighted by atomic mass is 35.5. The van der Waals surface area contributed by atoms with Gasteiger partial charge in [-0.2, -0.15) is 0 Å². The van der Waals surface area contributed by atoms with Crippen molar-refractivity contribution in [2.75, 3.05) is 43.4 Å². The summed E-state index contributed by atoms with van der Waals surface area (Å²) in [6.07, 6.45) is 0.151. The van der Waals surface area contributed by atoms with Gasteiger partial charge < -0.3 is 15.1 Å². The lowest BCUT2D eigenvalue weighted by molar-refractivity contribution is -0.115. The average molecular weight is 392 g/mol. The van der Waals surface area contributed by atoms with E-state index in [1.165, 1.54) is 5.69 Å². The van der Waals surface area contributed by atoms with E-state index in [2.05, 4.69) is 34.3 Å². The number of nitrogens with one attached hydrogen (secondary N) is 1. The second-order valence-corrected chi connectivity index (χ2v) is 7.53. The smallest absolute Gasteiger partial charge is 0.228 e. The van der Waals surface area contributed by atoms with Gasteiger partial charge in [0.1, 0.15) is 0 Å². The Kier molecular flexibility index (Phi) is 6.07. The Morgan fingerprint density at radius 3 is 2.35 bits per heavy atom. The molecule has 3 rings (SSSR count). The molecular weight excluding hydrogens is 369 g/mol. The van der Waals surface area contributed by atoms with E-state index in [1.54, 1.807) is 18.2 Å². The molecule has 138 valence electrons. The monoisotopic (exact) mass is 391 g/mol. The number of likely N-dealkylation sites (N-methyl/N-ethyl adjacent to an activating group) is 1. The summed E-state index contributed by atoms with van der Waals surface area (Å²) in [7, 11) is 2.15. The average Bonchev–Trinajstić information content (AvgIpc) is 2.61. The largest absolute Gasteiger partial charge is 0.369 e. The molecule has 6 heteroatoms. The van der Waals surface area contributed by atoms with Crippen molar-refractivity contribution in [1.82, 2.24) is 4.90 Å². The highest BCUT2D eigenvalue weighted by Gasteiger charge is 2.16. The van der Waals surface area contributed by atoms with E-state index in [-0.39, 0.29) is 12.3 Å². The molecule has 1 N–H and O–H groups in total. The molecule has 1 aliphatic rings. The maximum Gasteiger partial charge on any atom is 0.228 e. The van der Waals surface area contributed by atoms with Crippen LogP contribution >= 0.6 is 23.2 Å². The molecule has 0 aliphatic carbocycles. The summed E-state index contributed by atoms with van der Waals surface area (Å²) in [5.41, 5.74) is 3.71. The molecule has 1 heterocycles. The summed E-state index contributed by atoms with van der Waals surface area (Å²) in [6, 6.07) is 11.4. The van der Waals surface area contributed by atoms with Gasteiger partial charge in [-0.1, -0.05) is 29.3 Å². The van der Waals surface area contributed by atoms with E-state index in [4.69, 9.17) is 23.2 Å². The van der Waals surface area contributed by atoms with Gasteiger partial charge in [-0.3, -0.25) is 4.79 Å². The van der Waals surface area contributed by atoms with E-state index in [0.717, 1.165) is 37.4 Å². The molecule has 2 aromatic carbocycles. The topological polar surface area (TPSA) is 35.6 Å². The molecule has 0 bridgehead atoms. The number of piperazine rings is 1. The maximum atomic E-state index is 12.4. The number of benzene rings is 2. The fourth-order valence-corrected chi connectivity index (χ4v) is 3.64. The molecule has 0 saturated carbocycles. The fourth-order valence-electron chi connectivity index (χ4n) is 3.11. The standard InChI is InChI=1S/C20H23Cl2N3O/c1-14-12-15(25-10-8-24(2)9-11-25)6-7-19(14)23-20(26)13-16-17(21)4-3-5-18(16)22/h3-7,12H,8-11,13H2,1-2H3,(H,23,26). The molecule has 1 amide bonds. The number of carbonyl (C=O) groups is 1. The van der Waals surface area contributed by atoms with Crippen molar-refractivity contribution in [3.63, 3.8) is 0 Å². The van der Waals surface area contributed by atoms with Gasteiger partial charge in [-0.15, -0.1) is 0 Å². The van der Waals surface area contributed by atoms with E-state index < -0.39 is 0 Å². The van der Waals surface area contributed by atoms with Crippen LogP contribution in [0.2, 0.25) is 10.0 Å². The molecule has 26 heavy (non-hydrogen) atoms. The van der Waals surface area contributed by atoms with Crippen LogP contribution < -0.4 is 10.2 Å². The second-order valence-electron chi connectivity index (χ2n) is 6.71. The van der Waals surface area contributed by atoms with Gasteiger partial charge in [0.15, 0.2) is 0 Å². The third kappa shape index (κ3) is 4.50. The zero-order valence-corrected chi connectivity index (χ0v) is 16.6. The summed E-state index contributed by atoms with van der Waals surface area (Å²) in [5, 5.41) is 3.99. The number of anilines is 2. The Bertz CT molecular complexity index is 781. The number of aryl methyl sites for hydroxylation is 1. The molecule has 1 fully saturated rings. The Balaban J connectivity index is 1.67. The predicted octanol–water partition coefficient (Wildman–Crippen LogP) is 4.23. The molecule has 0 radical (unpaired) electrons. The Morgan fingerprint density at radius 1 is 1.08 bits per heavy atom. The van der Waals surface area contributed by atoms with Crippen molar-refractivity contribution >= 4 is 40.5 Å². The van der Waals surface area contributed by atoms with Crippen molar-refractivity contribution < 1.29 is 4.79 Å². The lowest BCUT2D eigenvalue weighted by Gasteiger charge is -2.34. The molecule has 0 atom stereocenters. The number of rotatable bonds is 4. The minimum Gasteiger partial charge on any atom is -0.369 e. The second kappa shape index (κ2) is 8.30. The molecular formula is C20H23Cl2N3O. The first-order chi connectivity index (χ1) is 12.4. The predicted molar refractivity (Wildman–Crippen MR) is 110 cm³/mol. The maximum absolute atomic E-state index is 12.4. The van der Waals surface area contributed by atoms with Crippen molar-refractivity contribution in [2.45, 2.75) is 13.3 Å². The van der Waals surface area contributed by atoms with E-state index in [1.807, 2.05) is 13.0 Å². The van der Waals surface area contributed by atoms with Crippen molar-refractivity contribution in [2.24, 2.45) is 0 Å². The molecule has 0 spiro atoms. The van der Waals surface area contributed by atoms with Gasteiger partial charge in [0.2, 0.25) is 5.91 Å². The summed E-state index contributed by atoms with van der Waals surface area (Å²) in [4.78, 5) is 17.1. The van der Waals surface area contributed by atoms with Crippen LogP contribution in [0, 0.1) is 6.92 Å². The third-order valence-electron chi connectivity index (χ3n) is 4.75. The number of amides is 1. The minimum absolute atomic E-state index is 0.129. The van der Waals surface area contributed by atoms with E-state index >= 15 is 0 Å². The summed E-state index contributed by atoms with van der Waals surface area (Å²) >= 11 is 12.3. The first-order valence-corrected chi connectivity index (χ1v) is 9.46. The molecule has 0 unspecified atom stereocenters. The van der Waals surface area contributed by atoms with Gasteiger partial charge in [0, 0.05) is 47.6 Å². The first kappa shape index (κ1) is 19.0. The van der Waals surface area contributed by atoms with Crippen LogP contribution in [0.1, 0.15) is 11.1 Å². The molecule has 2 aromatic rings. The highest BCUT2D eigenvalue weighted by Crippen LogP contribution is 2.26. The summed E-state index contributed by atoms with van der Waals surface area (Å²) in [5.74, 6) is -0.129.